The van der Waals surface area contributed by atoms with Crippen molar-refractivity contribution in [1.29, 1.82) is 0 Å². The van der Waals surface area contributed by atoms with Gasteiger partial charge in [0, 0.05) is 51.3 Å². The number of hydrogen-bond acceptors (Lipinski definition) is 3. The lowest BCUT2D eigenvalue weighted by atomic mass is 10.0. The molecule has 3 heterocycles. The lowest BCUT2D eigenvalue weighted by molar-refractivity contribution is 0.638. The van der Waals surface area contributed by atoms with Gasteiger partial charge in [-0.3, -0.25) is 4.40 Å². The zero-order valence-electron chi connectivity index (χ0n) is 13.8. The predicted molar refractivity (Wildman–Crippen MR) is 109 cm³/mol. The summed E-state index contributed by atoms with van der Waals surface area (Å²) in [6, 6.07) is 15.9. The van der Waals surface area contributed by atoms with Crippen molar-refractivity contribution in [2.45, 2.75) is 13.0 Å². The molecule has 0 spiro atoms. The van der Waals surface area contributed by atoms with Crippen LogP contribution in [0, 0.1) is 0 Å². The first-order valence-electron chi connectivity index (χ1n) is 8.46. The van der Waals surface area contributed by atoms with Gasteiger partial charge in [0.2, 0.25) is 0 Å². The van der Waals surface area contributed by atoms with Gasteiger partial charge in [-0.2, -0.15) is 0 Å². The smallest absolute Gasteiger partial charge is 0.195 e. The number of benzene rings is 2. The lowest BCUT2D eigenvalue weighted by Crippen LogP contribution is -2.23. The molecule has 0 saturated carbocycles. The van der Waals surface area contributed by atoms with Crippen LogP contribution in [0.3, 0.4) is 0 Å². The summed E-state index contributed by atoms with van der Waals surface area (Å²) in [4.78, 5) is 7.40. The molecular weight excluding hydrogens is 385 g/mol. The standard InChI is InChI=1S/C20H15Cl2N3S/c21-14-5-1-12(2-6-14)18-19(13-3-7-15(22)8-4-13)25-16-9-10-23-11-17(16)26-20(25)24-18/h1-8,23H,9-11H2. The summed E-state index contributed by atoms with van der Waals surface area (Å²) in [6.07, 6.45) is 1.01. The molecule has 130 valence electrons. The van der Waals surface area contributed by atoms with Gasteiger partial charge in [0.25, 0.3) is 0 Å². The molecule has 2 aromatic carbocycles. The number of thiazole rings is 1. The molecule has 0 fully saturated rings. The molecule has 0 saturated heterocycles. The minimum Gasteiger partial charge on any atom is -0.311 e. The van der Waals surface area contributed by atoms with E-state index in [4.69, 9.17) is 28.2 Å². The Labute approximate surface area is 165 Å². The molecule has 2 aromatic heterocycles. The van der Waals surface area contributed by atoms with Crippen LogP contribution in [0.1, 0.15) is 10.6 Å². The van der Waals surface area contributed by atoms with E-state index in [1.54, 1.807) is 11.3 Å². The Morgan fingerprint density at radius 1 is 0.923 bits per heavy atom. The van der Waals surface area contributed by atoms with Gasteiger partial charge >= 0.3 is 0 Å². The molecule has 0 aliphatic carbocycles. The fourth-order valence-corrected chi connectivity index (χ4v) is 4.88. The summed E-state index contributed by atoms with van der Waals surface area (Å²) >= 11 is 14.0. The molecule has 0 amide bonds. The number of rotatable bonds is 2. The molecule has 26 heavy (non-hydrogen) atoms. The monoisotopic (exact) mass is 399 g/mol. The SMILES string of the molecule is Clc1ccc(-c2nc3sc4c(n3c2-c2ccc(Cl)cc2)CCNC4)cc1. The third-order valence-electron chi connectivity index (χ3n) is 4.71. The van der Waals surface area contributed by atoms with Crippen molar-refractivity contribution < 1.29 is 0 Å². The number of hydrogen-bond donors (Lipinski definition) is 1. The van der Waals surface area contributed by atoms with Gasteiger partial charge in [-0.15, -0.1) is 0 Å². The summed E-state index contributed by atoms with van der Waals surface area (Å²) in [5.74, 6) is 0. The molecule has 0 radical (unpaired) electrons. The molecule has 6 heteroatoms. The van der Waals surface area contributed by atoms with E-state index >= 15 is 0 Å². The average molecular weight is 400 g/mol. The highest BCUT2D eigenvalue weighted by molar-refractivity contribution is 7.17. The fourth-order valence-electron chi connectivity index (χ4n) is 3.49. The van der Waals surface area contributed by atoms with Gasteiger partial charge < -0.3 is 5.32 Å². The van der Waals surface area contributed by atoms with Crippen LogP contribution in [0.15, 0.2) is 48.5 Å². The quantitative estimate of drug-likeness (QED) is 0.469. The van der Waals surface area contributed by atoms with E-state index in [2.05, 4.69) is 21.9 Å². The van der Waals surface area contributed by atoms with E-state index in [0.717, 1.165) is 57.0 Å². The molecule has 1 aliphatic heterocycles. The fraction of sp³-hybridized carbons (Fsp3) is 0.150. The van der Waals surface area contributed by atoms with E-state index in [1.165, 1.54) is 10.6 Å². The molecule has 0 atom stereocenters. The second kappa shape index (κ2) is 6.39. The predicted octanol–water partition coefficient (Wildman–Crippen LogP) is 5.68. The summed E-state index contributed by atoms with van der Waals surface area (Å²) in [6.45, 7) is 1.91. The van der Waals surface area contributed by atoms with Gasteiger partial charge in [-0.05, 0) is 24.3 Å². The molecular formula is C20H15Cl2N3S. The van der Waals surface area contributed by atoms with E-state index in [1.807, 2.05) is 36.4 Å². The zero-order chi connectivity index (χ0) is 17.7. The van der Waals surface area contributed by atoms with Crippen molar-refractivity contribution in [2.75, 3.05) is 6.54 Å². The largest absolute Gasteiger partial charge is 0.311 e. The molecule has 1 aliphatic rings. The van der Waals surface area contributed by atoms with Crippen molar-refractivity contribution in [3.8, 4) is 22.5 Å². The third kappa shape index (κ3) is 2.65. The van der Waals surface area contributed by atoms with Crippen LogP contribution < -0.4 is 5.32 Å². The molecule has 1 N–H and O–H groups in total. The number of nitrogens with one attached hydrogen (secondary N) is 1. The molecule has 0 unspecified atom stereocenters. The molecule has 0 bridgehead atoms. The summed E-state index contributed by atoms with van der Waals surface area (Å²) in [5.41, 5.74) is 5.65. The average Bonchev–Trinajstić information content (AvgIpc) is 3.19. The van der Waals surface area contributed by atoms with Crippen LogP contribution in [0.5, 0.6) is 0 Å². The van der Waals surface area contributed by atoms with Crippen molar-refractivity contribution >= 4 is 39.5 Å². The minimum absolute atomic E-state index is 0.728. The Balaban J connectivity index is 1.81. The molecule has 5 rings (SSSR count). The van der Waals surface area contributed by atoms with Gasteiger partial charge in [-0.25, -0.2) is 4.98 Å². The van der Waals surface area contributed by atoms with Crippen LogP contribution in [-0.2, 0) is 13.0 Å². The van der Waals surface area contributed by atoms with Crippen LogP contribution in [-0.4, -0.2) is 15.9 Å². The summed E-state index contributed by atoms with van der Waals surface area (Å²) in [7, 11) is 0. The second-order valence-corrected chi connectivity index (χ2v) is 8.27. The maximum atomic E-state index is 6.12. The van der Waals surface area contributed by atoms with E-state index in [-0.39, 0.29) is 0 Å². The first kappa shape index (κ1) is 16.3. The second-order valence-electron chi connectivity index (χ2n) is 6.34. The Morgan fingerprint density at radius 3 is 2.27 bits per heavy atom. The number of imidazole rings is 1. The Bertz CT molecular complexity index is 1090. The van der Waals surface area contributed by atoms with Gasteiger partial charge in [0.05, 0.1) is 11.4 Å². The Kier molecular flexibility index (Phi) is 4.02. The lowest BCUT2D eigenvalue weighted by Gasteiger charge is -2.14. The molecule has 4 aromatic rings. The first-order valence-corrected chi connectivity index (χ1v) is 10.0. The maximum absolute atomic E-state index is 6.12. The van der Waals surface area contributed by atoms with Gasteiger partial charge in [-0.1, -0.05) is 58.8 Å². The topological polar surface area (TPSA) is 29.3 Å². The number of aromatic nitrogens is 2. The summed E-state index contributed by atoms with van der Waals surface area (Å²) < 4.78 is 2.33. The van der Waals surface area contributed by atoms with Gasteiger partial charge in [0.1, 0.15) is 0 Å². The Hall–Kier alpha value is -1.85. The third-order valence-corrected chi connectivity index (χ3v) is 6.30. The number of nitrogens with zero attached hydrogens (tertiary/aromatic N) is 2. The van der Waals surface area contributed by atoms with Crippen molar-refractivity contribution in [3.63, 3.8) is 0 Å². The molecule has 3 nitrogen and oxygen atoms in total. The highest BCUT2D eigenvalue weighted by atomic mass is 35.5. The van der Waals surface area contributed by atoms with Crippen LogP contribution in [0.25, 0.3) is 27.5 Å². The maximum Gasteiger partial charge on any atom is 0.195 e. The first-order chi connectivity index (χ1) is 12.7. The van der Waals surface area contributed by atoms with E-state index < -0.39 is 0 Å². The highest BCUT2D eigenvalue weighted by Gasteiger charge is 2.24. The summed E-state index contributed by atoms with van der Waals surface area (Å²) in [5, 5.41) is 4.91. The van der Waals surface area contributed by atoms with E-state index in [9.17, 15) is 0 Å². The number of halogens is 2. The minimum atomic E-state index is 0.728. The zero-order valence-corrected chi connectivity index (χ0v) is 16.1. The van der Waals surface area contributed by atoms with Crippen LogP contribution in [0.4, 0.5) is 0 Å². The van der Waals surface area contributed by atoms with Crippen molar-refractivity contribution in [1.82, 2.24) is 14.7 Å². The number of fused-ring (bicyclic) bond motifs is 3. The van der Waals surface area contributed by atoms with Crippen LogP contribution in [0.2, 0.25) is 10.0 Å². The van der Waals surface area contributed by atoms with Crippen molar-refractivity contribution in [2.24, 2.45) is 0 Å². The van der Waals surface area contributed by atoms with Crippen molar-refractivity contribution in [3.05, 3.63) is 69.1 Å². The van der Waals surface area contributed by atoms with E-state index in [0.29, 0.717) is 0 Å². The van der Waals surface area contributed by atoms with Gasteiger partial charge in [0.15, 0.2) is 4.96 Å². The van der Waals surface area contributed by atoms with Crippen LogP contribution >= 0.6 is 34.5 Å². The Morgan fingerprint density at radius 2 is 1.58 bits per heavy atom. The normalized spacial score (nSPS) is 13.9. The highest BCUT2D eigenvalue weighted by Crippen LogP contribution is 2.38.